The highest BCUT2D eigenvalue weighted by molar-refractivity contribution is 5.70. The van der Waals surface area contributed by atoms with Crippen LogP contribution in [0.2, 0.25) is 0 Å². The van der Waals surface area contributed by atoms with Crippen LogP contribution < -0.4 is 0 Å². The van der Waals surface area contributed by atoms with E-state index in [1.807, 2.05) is 30.2 Å². The summed E-state index contributed by atoms with van der Waals surface area (Å²) >= 11 is 0. The molecule has 3 unspecified atom stereocenters. The van der Waals surface area contributed by atoms with Crippen LogP contribution in [0.25, 0.3) is 0 Å². The van der Waals surface area contributed by atoms with Crippen molar-refractivity contribution in [2.24, 2.45) is 5.92 Å². The zero-order chi connectivity index (χ0) is 13.2. The summed E-state index contributed by atoms with van der Waals surface area (Å²) in [5.41, 5.74) is 1.09. The second kappa shape index (κ2) is 5.03. The van der Waals surface area contributed by atoms with Crippen molar-refractivity contribution in [3.8, 4) is 0 Å². The molecule has 4 rings (SSSR count). The van der Waals surface area contributed by atoms with Gasteiger partial charge in [-0.05, 0) is 31.4 Å². The maximum absolute atomic E-state index is 12.2. The molecular weight excluding hydrogens is 240 g/mol. The lowest BCUT2D eigenvalue weighted by Gasteiger charge is -2.47. The van der Waals surface area contributed by atoms with Crippen LogP contribution in [0.3, 0.4) is 0 Å². The summed E-state index contributed by atoms with van der Waals surface area (Å²) in [6.07, 6.45) is 9.92. The fourth-order valence-electron chi connectivity index (χ4n) is 3.14. The highest BCUT2D eigenvalue weighted by Gasteiger charge is 2.42. The maximum Gasteiger partial charge on any atom is 0.410 e. The third-order valence-electron chi connectivity index (χ3n) is 3.94. The fourth-order valence-corrected chi connectivity index (χ4v) is 3.14. The molecule has 1 aliphatic carbocycles. The number of nitrogens with zero attached hydrogens (tertiary/aromatic N) is 2. The number of rotatable bonds is 2. The van der Waals surface area contributed by atoms with E-state index in [0.717, 1.165) is 18.4 Å². The second-order valence-electron chi connectivity index (χ2n) is 5.03. The second-order valence-corrected chi connectivity index (χ2v) is 5.03. The molecule has 4 heteroatoms. The van der Waals surface area contributed by atoms with Gasteiger partial charge in [-0.25, -0.2) is 4.79 Å². The number of amides is 1. The van der Waals surface area contributed by atoms with Gasteiger partial charge in [0.25, 0.3) is 0 Å². The Morgan fingerprint density at radius 1 is 1.47 bits per heavy atom. The summed E-state index contributed by atoms with van der Waals surface area (Å²) < 4.78 is 5.22. The first kappa shape index (κ1) is 12.2. The molecule has 19 heavy (non-hydrogen) atoms. The van der Waals surface area contributed by atoms with E-state index in [4.69, 9.17) is 4.74 Å². The molecule has 1 saturated heterocycles. The van der Waals surface area contributed by atoms with Gasteiger partial charge < -0.3 is 4.74 Å². The molecule has 4 nitrogen and oxygen atoms in total. The van der Waals surface area contributed by atoms with Gasteiger partial charge in [0, 0.05) is 18.3 Å². The lowest BCUT2D eigenvalue weighted by Crippen LogP contribution is -2.50. The standard InChI is InChI=1S/C15H18N2O2/c1-2-19-15(18)17-13-7-5-11(6-8-13)14(17)12-4-3-9-16-10-12/h3-5,7,9-11,13-14H,2,6,8H2,1H3. The Morgan fingerprint density at radius 3 is 3.00 bits per heavy atom. The molecule has 0 aromatic carbocycles. The molecule has 1 aromatic heterocycles. The van der Waals surface area contributed by atoms with Crippen molar-refractivity contribution in [3.63, 3.8) is 0 Å². The average Bonchev–Trinajstić information content (AvgIpc) is 2.48. The molecule has 0 spiro atoms. The zero-order valence-electron chi connectivity index (χ0n) is 11.0. The van der Waals surface area contributed by atoms with E-state index in [1.165, 1.54) is 0 Å². The van der Waals surface area contributed by atoms with Crippen molar-refractivity contribution in [1.82, 2.24) is 9.88 Å². The number of hydrogen-bond donors (Lipinski definition) is 0. The molecule has 0 N–H and O–H groups in total. The summed E-state index contributed by atoms with van der Waals surface area (Å²) in [5.74, 6) is 0.374. The van der Waals surface area contributed by atoms with Gasteiger partial charge >= 0.3 is 6.09 Å². The molecular formula is C15H18N2O2. The van der Waals surface area contributed by atoms with Gasteiger partial charge in [-0.3, -0.25) is 9.88 Å². The minimum absolute atomic E-state index is 0.0662. The Bertz CT molecular complexity index is 486. The average molecular weight is 258 g/mol. The smallest absolute Gasteiger partial charge is 0.410 e. The Morgan fingerprint density at radius 2 is 2.37 bits per heavy atom. The van der Waals surface area contributed by atoms with Gasteiger partial charge in [-0.2, -0.15) is 0 Å². The van der Waals surface area contributed by atoms with Crippen molar-refractivity contribution >= 4 is 6.09 Å². The topological polar surface area (TPSA) is 42.4 Å². The van der Waals surface area contributed by atoms with Gasteiger partial charge in [0.1, 0.15) is 0 Å². The number of aromatic nitrogens is 1. The third-order valence-corrected chi connectivity index (χ3v) is 3.94. The van der Waals surface area contributed by atoms with Crippen LogP contribution in [0.1, 0.15) is 31.4 Å². The van der Waals surface area contributed by atoms with Crippen molar-refractivity contribution in [3.05, 3.63) is 42.2 Å². The molecule has 1 amide bonds. The van der Waals surface area contributed by atoms with Crippen molar-refractivity contribution in [2.45, 2.75) is 31.8 Å². The first-order chi connectivity index (χ1) is 9.31. The molecule has 0 radical (unpaired) electrons. The monoisotopic (exact) mass is 258 g/mol. The molecule has 3 aliphatic rings. The predicted molar refractivity (Wildman–Crippen MR) is 71.5 cm³/mol. The number of piperidine rings is 1. The summed E-state index contributed by atoms with van der Waals surface area (Å²) in [7, 11) is 0. The van der Waals surface area contributed by atoms with Gasteiger partial charge in [-0.1, -0.05) is 18.2 Å². The summed E-state index contributed by atoms with van der Waals surface area (Å²) in [6, 6.07) is 4.19. The lowest BCUT2D eigenvalue weighted by molar-refractivity contribution is 0.0386. The minimum atomic E-state index is -0.213. The highest BCUT2D eigenvalue weighted by Crippen LogP contribution is 2.43. The molecule has 0 saturated carbocycles. The number of fused-ring (bicyclic) bond motifs is 2. The van der Waals surface area contributed by atoms with E-state index in [1.54, 1.807) is 6.20 Å². The van der Waals surface area contributed by atoms with Gasteiger partial charge in [0.05, 0.1) is 18.7 Å². The first-order valence-corrected chi connectivity index (χ1v) is 6.84. The third kappa shape index (κ3) is 2.11. The largest absolute Gasteiger partial charge is 0.450 e. The SMILES string of the molecule is CCOC(=O)N1C2C=CC(CC2)C1c1cccnc1. The number of ether oxygens (including phenoxy) is 1. The number of pyridine rings is 1. The van der Waals surface area contributed by atoms with Crippen LogP contribution in [0.5, 0.6) is 0 Å². The first-order valence-electron chi connectivity index (χ1n) is 6.84. The molecule has 3 atom stereocenters. The summed E-state index contributed by atoms with van der Waals surface area (Å²) in [4.78, 5) is 18.3. The van der Waals surface area contributed by atoms with Crippen LogP contribution >= 0.6 is 0 Å². The van der Waals surface area contributed by atoms with Crippen molar-refractivity contribution < 1.29 is 9.53 Å². The minimum Gasteiger partial charge on any atom is -0.450 e. The quantitative estimate of drug-likeness (QED) is 0.766. The Labute approximate surface area is 113 Å². The lowest BCUT2D eigenvalue weighted by atomic mass is 9.77. The van der Waals surface area contributed by atoms with Gasteiger partial charge in [-0.15, -0.1) is 0 Å². The molecule has 100 valence electrons. The molecule has 3 heterocycles. The van der Waals surface area contributed by atoms with Gasteiger partial charge in [0.15, 0.2) is 0 Å². The predicted octanol–water partition coefficient (Wildman–Crippen LogP) is 2.93. The van der Waals surface area contributed by atoms with E-state index < -0.39 is 0 Å². The zero-order valence-corrected chi connectivity index (χ0v) is 11.0. The summed E-state index contributed by atoms with van der Waals surface area (Å²) in [6.45, 7) is 2.26. The number of hydrogen-bond acceptors (Lipinski definition) is 3. The van der Waals surface area contributed by atoms with Crippen molar-refractivity contribution in [2.75, 3.05) is 6.61 Å². The van der Waals surface area contributed by atoms with Crippen molar-refractivity contribution in [1.29, 1.82) is 0 Å². The van der Waals surface area contributed by atoms with Crippen LogP contribution in [0.4, 0.5) is 4.79 Å². The Hall–Kier alpha value is -1.84. The molecule has 1 fully saturated rings. The van der Waals surface area contributed by atoms with E-state index in [0.29, 0.717) is 12.5 Å². The van der Waals surface area contributed by atoms with Crippen LogP contribution in [0, 0.1) is 5.92 Å². The Kier molecular flexibility index (Phi) is 3.23. The van der Waals surface area contributed by atoms with E-state index in [-0.39, 0.29) is 18.2 Å². The highest BCUT2D eigenvalue weighted by atomic mass is 16.6. The van der Waals surface area contributed by atoms with E-state index >= 15 is 0 Å². The van der Waals surface area contributed by atoms with Crippen LogP contribution in [-0.2, 0) is 4.74 Å². The number of carbonyl (C=O) groups is 1. The normalized spacial score (nSPS) is 28.5. The Balaban J connectivity index is 1.95. The van der Waals surface area contributed by atoms with E-state index in [9.17, 15) is 4.79 Å². The molecule has 2 aliphatic heterocycles. The molecule has 1 aromatic rings. The van der Waals surface area contributed by atoms with Crippen LogP contribution in [-0.4, -0.2) is 28.6 Å². The fraction of sp³-hybridized carbons (Fsp3) is 0.467. The number of carbonyl (C=O) groups excluding carboxylic acids is 1. The summed E-state index contributed by atoms with van der Waals surface area (Å²) in [5, 5.41) is 0. The maximum atomic E-state index is 12.2. The van der Waals surface area contributed by atoms with E-state index in [2.05, 4.69) is 17.1 Å². The van der Waals surface area contributed by atoms with Gasteiger partial charge in [0.2, 0.25) is 0 Å². The molecule has 2 bridgehead atoms. The van der Waals surface area contributed by atoms with Crippen LogP contribution in [0.15, 0.2) is 36.7 Å².